The van der Waals surface area contributed by atoms with Gasteiger partial charge < -0.3 is 24.9 Å². The van der Waals surface area contributed by atoms with Crippen molar-refractivity contribution in [3.05, 3.63) is 15.9 Å². The Bertz CT molecular complexity index is 570. The number of hydrogen-bond acceptors (Lipinski definition) is 6. The number of imidazole rings is 1. The van der Waals surface area contributed by atoms with E-state index in [1.807, 2.05) is 6.92 Å². The Morgan fingerprint density at radius 1 is 1.62 bits per heavy atom. The van der Waals surface area contributed by atoms with E-state index in [1.165, 1.54) is 0 Å². The SMILES string of the molecule is CCN(c1c([N+](=O)[O-])nc(C)n1C)C1COCC1C(=O)O. The molecule has 21 heavy (non-hydrogen) atoms. The van der Waals surface area contributed by atoms with Gasteiger partial charge >= 0.3 is 11.8 Å². The van der Waals surface area contributed by atoms with Crippen molar-refractivity contribution < 1.29 is 19.6 Å². The number of aromatic nitrogens is 2. The second-order valence-electron chi connectivity index (χ2n) is 4.96. The molecule has 1 aliphatic heterocycles. The summed E-state index contributed by atoms with van der Waals surface area (Å²) >= 11 is 0. The summed E-state index contributed by atoms with van der Waals surface area (Å²) in [6, 6.07) is -0.444. The van der Waals surface area contributed by atoms with Crippen LogP contribution in [0.25, 0.3) is 0 Å². The highest BCUT2D eigenvalue weighted by Gasteiger charge is 2.41. The fraction of sp³-hybridized carbons (Fsp3) is 0.667. The lowest BCUT2D eigenvalue weighted by molar-refractivity contribution is -0.388. The van der Waals surface area contributed by atoms with Crippen molar-refractivity contribution >= 4 is 17.6 Å². The van der Waals surface area contributed by atoms with E-state index in [1.54, 1.807) is 23.4 Å². The monoisotopic (exact) mass is 298 g/mol. The number of rotatable bonds is 5. The highest BCUT2D eigenvalue weighted by Crippen LogP contribution is 2.32. The molecule has 1 aliphatic rings. The quantitative estimate of drug-likeness (QED) is 0.624. The second kappa shape index (κ2) is 5.68. The zero-order valence-electron chi connectivity index (χ0n) is 12.1. The van der Waals surface area contributed by atoms with Crippen molar-refractivity contribution in [2.45, 2.75) is 19.9 Å². The maximum atomic E-state index is 11.3. The molecule has 2 heterocycles. The van der Waals surface area contributed by atoms with Gasteiger partial charge in [0.05, 0.1) is 19.3 Å². The van der Waals surface area contributed by atoms with Crippen LogP contribution in [0.2, 0.25) is 0 Å². The third kappa shape index (κ3) is 2.56. The van der Waals surface area contributed by atoms with E-state index in [2.05, 4.69) is 4.98 Å². The maximum Gasteiger partial charge on any atom is 0.406 e. The fourth-order valence-electron chi connectivity index (χ4n) is 2.65. The van der Waals surface area contributed by atoms with Crippen LogP contribution in [0.15, 0.2) is 0 Å². The molecule has 1 aromatic heterocycles. The average molecular weight is 298 g/mol. The smallest absolute Gasteiger partial charge is 0.406 e. The fourth-order valence-corrected chi connectivity index (χ4v) is 2.65. The zero-order chi connectivity index (χ0) is 15.7. The van der Waals surface area contributed by atoms with Gasteiger partial charge in [0.25, 0.3) is 0 Å². The number of anilines is 1. The number of carbonyl (C=O) groups is 1. The third-order valence-electron chi connectivity index (χ3n) is 3.82. The van der Waals surface area contributed by atoms with E-state index < -0.39 is 22.9 Å². The van der Waals surface area contributed by atoms with Gasteiger partial charge in [-0.2, -0.15) is 0 Å². The van der Waals surface area contributed by atoms with Gasteiger partial charge in [0, 0.05) is 20.5 Å². The molecule has 0 amide bonds. The molecule has 1 fully saturated rings. The van der Waals surface area contributed by atoms with Crippen LogP contribution in [0.1, 0.15) is 12.7 Å². The van der Waals surface area contributed by atoms with Gasteiger partial charge in [-0.15, -0.1) is 0 Å². The van der Waals surface area contributed by atoms with Crippen LogP contribution in [-0.2, 0) is 16.6 Å². The van der Waals surface area contributed by atoms with Crippen molar-refractivity contribution in [3.63, 3.8) is 0 Å². The van der Waals surface area contributed by atoms with E-state index >= 15 is 0 Å². The third-order valence-corrected chi connectivity index (χ3v) is 3.82. The number of carboxylic acid groups (broad SMARTS) is 1. The first-order chi connectivity index (χ1) is 9.88. The molecule has 2 unspecified atom stereocenters. The first-order valence-electron chi connectivity index (χ1n) is 6.63. The van der Waals surface area contributed by atoms with Gasteiger partial charge in [-0.1, -0.05) is 0 Å². The molecular weight excluding hydrogens is 280 g/mol. The van der Waals surface area contributed by atoms with E-state index in [0.29, 0.717) is 18.2 Å². The number of hydrogen-bond donors (Lipinski definition) is 1. The van der Waals surface area contributed by atoms with Crippen LogP contribution in [0.3, 0.4) is 0 Å². The van der Waals surface area contributed by atoms with Gasteiger partial charge in [-0.25, -0.2) is 0 Å². The van der Waals surface area contributed by atoms with E-state index in [-0.39, 0.29) is 19.0 Å². The van der Waals surface area contributed by atoms with Crippen molar-refractivity contribution in [3.8, 4) is 0 Å². The molecule has 1 N–H and O–H groups in total. The standard InChI is InChI=1S/C12H18N4O5/c1-4-15(9-6-21-5-8(9)12(17)18)11-10(16(19)20)13-7(2)14(11)3/h8-9H,4-6H2,1-3H3,(H,17,18). The second-order valence-corrected chi connectivity index (χ2v) is 4.96. The minimum Gasteiger partial charge on any atom is -0.481 e. The molecule has 0 bridgehead atoms. The first kappa shape index (κ1) is 15.2. The predicted molar refractivity (Wildman–Crippen MR) is 73.4 cm³/mol. The van der Waals surface area contributed by atoms with Crippen LogP contribution in [-0.4, -0.2) is 51.4 Å². The zero-order valence-corrected chi connectivity index (χ0v) is 12.1. The molecule has 0 aliphatic carbocycles. The molecule has 116 valence electrons. The Hall–Kier alpha value is -2.16. The minimum absolute atomic E-state index is 0.112. The van der Waals surface area contributed by atoms with Crippen LogP contribution in [0.5, 0.6) is 0 Å². The average Bonchev–Trinajstić information content (AvgIpc) is 3.00. The summed E-state index contributed by atoms with van der Waals surface area (Å²) in [5.41, 5.74) is 0. The Morgan fingerprint density at radius 3 is 2.81 bits per heavy atom. The summed E-state index contributed by atoms with van der Waals surface area (Å²) in [6.45, 7) is 4.26. The lowest BCUT2D eigenvalue weighted by Crippen LogP contribution is -2.44. The molecule has 1 aromatic rings. The summed E-state index contributed by atoms with van der Waals surface area (Å²) in [5.74, 6) is -1.10. The van der Waals surface area contributed by atoms with Crippen LogP contribution in [0.4, 0.5) is 11.6 Å². The Balaban J connectivity index is 2.47. The molecule has 2 atom stereocenters. The van der Waals surface area contributed by atoms with E-state index in [9.17, 15) is 20.0 Å². The normalized spacial score (nSPS) is 21.5. The van der Waals surface area contributed by atoms with E-state index in [4.69, 9.17) is 4.74 Å². The molecule has 0 saturated carbocycles. The summed E-state index contributed by atoms with van der Waals surface area (Å²) in [6.07, 6.45) is 0. The van der Waals surface area contributed by atoms with Crippen molar-refractivity contribution in [2.24, 2.45) is 13.0 Å². The summed E-state index contributed by atoms with van der Waals surface area (Å²) in [7, 11) is 1.68. The van der Waals surface area contributed by atoms with Gasteiger partial charge in [0.1, 0.15) is 5.92 Å². The molecule has 9 nitrogen and oxygen atoms in total. The molecule has 1 saturated heterocycles. The van der Waals surface area contributed by atoms with Gasteiger partial charge in [0.15, 0.2) is 0 Å². The van der Waals surface area contributed by atoms with Crippen molar-refractivity contribution in [1.29, 1.82) is 0 Å². The van der Waals surface area contributed by atoms with Crippen LogP contribution >= 0.6 is 0 Å². The molecule has 0 radical (unpaired) electrons. The first-order valence-corrected chi connectivity index (χ1v) is 6.63. The van der Waals surface area contributed by atoms with Crippen molar-refractivity contribution in [2.75, 3.05) is 24.7 Å². The molecular formula is C12H18N4O5. The molecule has 2 rings (SSSR count). The van der Waals surface area contributed by atoms with Crippen LogP contribution in [0, 0.1) is 23.0 Å². The van der Waals surface area contributed by atoms with Gasteiger partial charge in [0.2, 0.25) is 11.6 Å². The Morgan fingerprint density at radius 2 is 2.29 bits per heavy atom. The van der Waals surface area contributed by atoms with Crippen molar-refractivity contribution in [1.82, 2.24) is 9.55 Å². The summed E-state index contributed by atoms with van der Waals surface area (Å²) in [4.78, 5) is 27.6. The molecule has 0 spiro atoms. The van der Waals surface area contributed by atoms with Crippen LogP contribution < -0.4 is 4.90 Å². The number of aryl methyl sites for hydroxylation is 1. The Kier molecular flexibility index (Phi) is 4.12. The maximum absolute atomic E-state index is 11.3. The van der Waals surface area contributed by atoms with E-state index in [0.717, 1.165) is 0 Å². The molecule has 9 heteroatoms. The topological polar surface area (TPSA) is 111 Å². The highest BCUT2D eigenvalue weighted by atomic mass is 16.6. The number of nitro groups is 1. The number of ether oxygens (including phenoxy) is 1. The number of likely N-dealkylation sites (N-methyl/N-ethyl adjacent to an activating group) is 1. The van der Waals surface area contributed by atoms with Gasteiger partial charge in [-0.05, 0) is 16.8 Å². The lowest BCUT2D eigenvalue weighted by atomic mass is 10.0. The lowest BCUT2D eigenvalue weighted by Gasteiger charge is -2.30. The Labute approximate surface area is 121 Å². The highest BCUT2D eigenvalue weighted by molar-refractivity contribution is 5.73. The summed E-state index contributed by atoms with van der Waals surface area (Å²) < 4.78 is 6.87. The number of nitrogens with zero attached hydrogens (tertiary/aromatic N) is 4. The molecule has 0 aromatic carbocycles. The minimum atomic E-state index is -0.961. The predicted octanol–water partition coefficient (Wildman–Crippen LogP) is 0.563. The summed E-state index contributed by atoms with van der Waals surface area (Å²) in [5, 5.41) is 20.5. The number of carboxylic acids is 1. The number of aliphatic carboxylic acids is 1. The van der Waals surface area contributed by atoms with Gasteiger partial charge in [-0.3, -0.25) is 9.36 Å². The largest absolute Gasteiger partial charge is 0.481 e.